The Morgan fingerprint density at radius 1 is 0.657 bits per heavy atom. The van der Waals surface area contributed by atoms with Crippen LogP contribution in [0.25, 0.3) is 6.08 Å². The SMILES string of the molecule is CC(C)(C)NC(=O)/C(=C/c1ccccc1)O[Si](c1ccccc1)(c1ccccc1)c1ccccc1. The molecule has 0 spiro atoms. The van der Waals surface area contributed by atoms with Crippen molar-refractivity contribution < 1.29 is 9.22 Å². The maximum Gasteiger partial charge on any atom is 0.347 e. The third-order valence-corrected chi connectivity index (χ3v) is 9.58. The lowest BCUT2D eigenvalue weighted by Crippen LogP contribution is -2.69. The maximum absolute atomic E-state index is 13.7. The summed E-state index contributed by atoms with van der Waals surface area (Å²) in [4.78, 5) is 13.7. The molecule has 0 unspecified atom stereocenters. The highest BCUT2D eigenvalue weighted by Crippen LogP contribution is 2.18. The zero-order valence-electron chi connectivity index (χ0n) is 20.4. The predicted molar refractivity (Wildman–Crippen MR) is 147 cm³/mol. The van der Waals surface area contributed by atoms with Gasteiger partial charge in [0.05, 0.1) is 0 Å². The second kappa shape index (κ2) is 10.6. The van der Waals surface area contributed by atoms with Crippen molar-refractivity contribution in [2.45, 2.75) is 26.3 Å². The van der Waals surface area contributed by atoms with Crippen LogP contribution in [0.1, 0.15) is 26.3 Å². The fourth-order valence-electron chi connectivity index (χ4n) is 4.10. The van der Waals surface area contributed by atoms with Crippen molar-refractivity contribution in [1.82, 2.24) is 5.32 Å². The fourth-order valence-corrected chi connectivity index (χ4v) is 7.93. The Morgan fingerprint density at radius 3 is 1.40 bits per heavy atom. The number of amides is 1. The van der Waals surface area contributed by atoms with Gasteiger partial charge >= 0.3 is 8.32 Å². The van der Waals surface area contributed by atoms with E-state index in [1.165, 1.54) is 0 Å². The predicted octanol–water partition coefficient (Wildman–Crippen LogP) is 4.63. The van der Waals surface area contributed by atoms with E-state index >= 15 is 0 Å². The minimum Gasteiger partial charge on any atom is -0.527 e. The molecule has 0 saturated carbocycles. The molecule has 0 aliphatic carbocycles. The lowest BCUT2D eigenvalue weighted by atomic mass is 10.1. The third-order valence-electron chi connectivity index (χ3n) is 5.61. The van der Waals surface area contributed by atoms with E-state index in [4.69, 9.17) is 4.43 Å². The molecule has 1 N–H and O–H groups in total. The molecule has 4 rings (SSSR count). The molecule has 0 bridgehead atoms. The van der Waals surface area contributed by atoms with E-state index in [1.54, 1.807) is 0 Å². The highest BCUT2D eigenvalue weighted by Gasteiger charge is 2.45. The van der Waals surface area contributed by atoms with Crippen LogP contribution in [0, 0.1) is 0 Å². The van der Waals surface area contributed by atoms with Crippen LogP contribution in [0.15, 0.2) is 127 Å². The van der Waals surface area contributed by atoms with Gasteiger partial charge in [0.25, 0.3) is 5.91 Å². The number of hydrogen-bond donors (Lipinski definition) is 1. The molecule has 35 heavy (non-hydrogen) atoms. The van der Waals surface area contributed by atoms with E-state index in [1.807, 2.05) is 112 Å². The average molecular weight is 478 g/mol. The zero-order valence-corrected chi connectivity index (χ0v) is 21.4. The van der Waals surface area contributed by atoms with Crippen molar-refractivity contribution in [1.29, 1.82) is 0 Å². The van der Waals surface area contributed by atoms with Crippen LogP contribution in [0.5, 0.6) is 0 Å². The van der Waals surface area contributed by atoms with E-state index in [0.29, 0.717) is 5.76 Å². The van der Waals surface area contributed by atoms with Gasteiger partial charge in [-0.2, -0.15) is 0 Å². The first-order valence-electron chi connectivity index (χ1n) is 11.8. The quantitative estimate of drug-likeness (QED) is 0.182. The summed E-state index contributed by atoms with van der Waals surface area (Å²) in [5, 5.41) is 6.31. The van der Waals surface area contributed by atoms with E-state index in [0.717, 1.165) is 21.1 Å². The van der Waals surface area contributed by atoms with Gasteiger partial charge in [-0.1, -0.05) is 121 Å². The smallest absolute Gasteiger partial charge is 0.347 e. The maximum atomic E-state index is 13.7. The van der Waals surface area contributed by atoms with Crippen molar-refractivity contribution in [2.24, 2.45) is 0 Å². The number of rotatable bonds is 7. The Hall–Kier alpha value is -3.89. The Kier molecular flexibility index (Phi) is 7.33. The monoisotopic (exact) mass is 477 g/mol. The first-order chi connectivity index (χ1) is 16.9. The zero-order chi connectivity index (χ0) is 24.7. The van der Waals surface area contributed by atoms with Crippen molar-refractivity contribution in [3.63, 3.8) is 0 Å². The molecule has 176 valence electrons. The van der Waals surface area contributed by atoms with Crippen LogP contribution in [0.2, 0.25) is 0 Å². The molecular formula is C31H31NO2Si. The van der Waals surface area contributed by atoms with Gasteiger partial charge in [0, 0.05) is 5.54 Å². The summed E-state index contributed by atoms with van der Waals surface area (Å²) in [6, 6.07) is 40.7. The first-order valence-corrected chi connectivity index (χ1v) is 13.7. The second-order valence-corrected chi connectivity index (χ2v) is 12.8. The van der Waals surface area contributed by atoms with Crippen LogP contribution in [0.4, 0.5) is 0 Å². The molecule has 3 nitrogen and oxygen atoms in total. The van der Waals surface area contributed by atoms with Crippen molar-refractivity contribution in [2.75, 3.05) is 0 Å². The minimum atomic E-state index is -3.11. The van der Waals surface area contributed by atoms with Gasteiger partial charge in [0.1, 0.15) is 0 Å². The van der Waals surface area contributed by atoms with E-state index in [9.17, 15) is 4.79 Å². The number of hydrogen-bond acceptors (Lipinski definition) is 2. The summed E-state index contributed by atoms with van der Waals surface area (Å²) in [7, 11) is -3.11. The molecule has 0 fully saturated rings. The summed E-state index contributed by atoms with van der Waals surface area (Å²) in [6.07, 6.45) is 1.84. The third kappa shape index (κ3) is 5.79. The number of carbonyl (C=O) groups is 1. The molecule has 4 aromatic carbocycles. The van der Waals surface area contributed by atoms with Crippen LogP contribution in [-0.2, 0) is 9.22 Å². The molecule has 0 radical (unpaired) electrons. The summed E-state index contributed by atoms with van der Waals surface area (Å²) >= 11 is 0. The minimum absolute atomic E-state index is 0.235. The van der Waals surface area contributed by atoms with Crippen LogP contribution in [0.3, 0.4) is 0 Å². The molecule has 4 heteroatoms. The Labute approximate surface area is 209 Å². The highest BCUT2D eigenvalue weighted by atomic mass is 28.4. The Morgan fingerprint density at radius 2 is 1.03 bits per heavy atom. The van der Waals surface area contributed by atoms with Gasteiger partial charge in [-0.15, -0.1) is 0 Å². The van der Waals surface area contributed by atoms with E-state index in [2.05, 4.69) is 41.7 Å². The summed E-state index contributed by atoms with van der Waals surface area (Å²) < 4.78 is 7.10. The summed E-state index contributed by atoms with van der Waals surface area (Å²) in [6.45, 7) is 5.92. The fraction of sp³-hybridized carbons (Fsp3) is 0.129. The molecule has 1 amide bonds. The molecule has 0 atom stereocenters. The largest absolute Gasteiger partial charge is 0.527 e. The average Bonchev–Trinajstić information content (AvgIpc) is 2.88. The van der Waals surface area contributed by atoms with Gasteiger partial charge in [-0.3, -0.25) is 4.79 Å². The lowest BCUT2D eigenvalue weighted by molar-refractivity contribution is -0.120. The molecule has 4 aromatic rings. The highest BCUT2D eigenvalue weighted by molar-refractivity contribution is 7.07. The molecule has 0 saturated heterocycles. The Balaban J connectivity index is 1.97. The van der Waals surface area contributed by atoms with Gasteiger partial charge in [0.2, 0.25) is 0 Å². The van der Waals surface area contributed by atoms with Crippen LogP contribution < -0.4 is 20.9 Å². The van der Waals surface area contributed by atoms with Gasteiger partial charge < -0.3 is 9.74 Å². The summed E-state index contributed by atoms with van der Waals surface area (Å²) in [5.41, 5.74) is 0.496. The number of benzene rings is 4. The normalized spacial score (nSPS) is 12.1. The summed E-state index contributed by atoms with van der Waals surface area (Å²) in [5.74, 6) is 0.0652. The van der Waals surface area contributed by atoms with Crippen molar-refractivity contribution >= 4 is 35.9 Å². The Bertz CT molecular complexity index is 1170. The number of carbonyl (C=O) groups excluding carboxylic acids is 1. The van der Waals surface area contributed by atoms with E-state index in [-0.39, 0.29) is 5.91 Å². The molecule has 0 heterocycles. The molecule has 0 aromatic heterocycles. The second-order valence-electron chi connectivity index (χ2n) is 9.50. The van der Waals surface area contributed by atoms with Gasteiger partial charge in [0.15, 0.2) is 5.76 Å². The van der Waals surface area contributed by atoms with Crippen LogP contribution in [-0.4, -0.2) is 19.8 Å². The van der Waals surface area contributed by atoms with E-state index < -0.39 is 13.9 Å². The molecular weight excluding hydrogens is 446 g/mol. The lowest BCUT2D eigenvalue weighted by Gasteiger charge is -2.35. The molecule has 0 aliphatic rings. The van der Waals surface area contributed by atoms with Crippen molar-refractivity contribution in [3.05, 3.63) is 133 Å². The van der Waals surface area contributed by atoms with Crippen LogP contribution >= 0.6 is 0 Å². The molecule has 0 aliphatic heterocycles. The van der Waals surface area contributed by atoms with Crippen molar-refractivity contribution in [3.8, 4) is 0 Å². The standard InChI is InChI=1S/C31H31NO2Si/c1-31(2,3)32-30(33)29(24-25-16-8-4-9-17-25)34-35(26-18-10-5-11-19-26,27-20-12-6-13-21-27)28-22-14-7-15-23-28/h4-24H,1-3H3,(H,32,33)/b29-24-. The topological polar surface area (TPSA) is 38.3 Å². The van der Waals surface area contributed by atoms with Gasteiger partial charge in [-0.05, 0) is 48.0 Å². The first kappa shape index (κ1) is 24.2. The number of nitrogens with one attached hydrogen (secondary N) is 1. The van der Waals surface area contributed by atoms with Gasteiger partial charge in [-0.25, -0.2) is 0 Å².